The molecule has 0 aliphatic rings. The van der Waals surface area contributed by atoms with Crippen LogP contribution in [0, 0.1) is 34.6 Å². The molecule has 141 heavy (non-hydrogen) atoms. The third-order valence-corrected chi connectivity index (χ3v) is 27.5. The van der Waals surface area contributed by atoms with Gasteiger partial charge in [-0.15, -0.1) is 53.5 Å². The van der Waals surface area contributed by atoms with E-state index in [1.807, 2.05) is 170 Å². The summed E-state index contributed by atoms with van der Waals surface area (Å²) in [5, 5.41) is 66.2. The minimum Gasteiger partial charge on any atom is -0.507 e. The molecule has 0 radical (unpaired) electrons. The molecule has 20 rings (SSSR count). The second-order valence-corrected chi connectivity index (χ2v) is 41.3. The molecule has 12 aromatic carbocycles. The van der Waals surface area contributed by atoms with Crippen LogP contribution in [0.3, 0.4) is 0 Å². The standard InChI is InChI=1S/C28H29N3O3.C27H36ClN3O3.C25H35N3O.C19H13NOS.C17H18ClN3O/c1-5-6-13-34-20-9-12-21(19(4)16-20)26-29-27(22-10-7-17(2)14-24(22)32)31-28(30-26)23-11-8-18(3)15-25(23)33;1-5-6-7-8-9-10-15-34-25(32)14-11-19-16-21(27(2,3)4)26(33)24(17-19)31-29-22-13-12-20(28)18-23(22)30(29)31;1-3-4-5-6-7-8-9-10-11-12-15-21-18-20(2)19-24(25(21)29)28-26-22-16-13-14-17-23(22)27(26)28;21-17-9-5-4-8-15(17)19-20-16-12-14(10-11-18(16)22-19)13-6-2-1-3-7-13;1-10-7-12(17(2,3)4)16(22)15(8-10)21-19-13-6-5-11(18)9-14(13)20(19)21/h7-12,14-16,32-33H,5-6,13H2,1-4H3;12-13,16-18,33H,5-11,14-15H2,1-4H3;13-14,16-19,29H,3-12,15H2,1-2H3;1-12,21H;5-9,22H,1-4H3. The molecule has 0 aliphatic heterocycles. The number of benzene rings is 12. The summed E-state index contributed by atoms with van der Waals surface area (Å²) in [6.45, 7) is 30.3. The summed E-state index contributed by atoms with van der Waals surface area (Å²) < 4.78 is 24.6. The molecule has 20 aromatic rings. The Morgan fingerprint density at radius 3 is 1.37 bits per heavy atom. The van der Waals surface area contributed by atoms with Gasteiger partial charge in [0.15, 0.2) is 17.5 Å². The van der Waals surface area contributed by atoms with Gasteiger partial charge in [0.2, 0.25) is 0 Å². The lowest BCUT2D eigenvalue weighted by molar-refractivity contribution is -0.143. The van der Waals surface area contributed by atoms with Gasteiger partial charge in [0.05, 0.1) is 40.1 Å². The van der Waals surface area contributed by atoms with Crippen molar-refractivity contribution in [3.05, 3.63) is 285 Å². The van der Waals surface area contributed by atoms with E-state index in [0.717, 1.165) is 154 Å². The molecule has 22 nitrogen and oxygen atoms in total. The number of fused-ring (bicyclic) bond motifs is 13. The topological polar surface area (TPSA) is 250 Å². The highest BCUT2D eigenvalue weighted by atomic mass is 35.5. The maximum Gasteiger partial charge on any atom is 0.306 e. The number of aromatic nitrogens is 13. The summed E-state index contributed by atoms with van der Waals surface area (Å²) in [4.78, 5) is 37.0. The molecule has 0 saturated heterocycles. The van der Waals surface area contributed by atoms with Gasteiger partial charge in [-0.3, -0.25) is 4.79 Å². The number of hydrogen-bond acceptors (Lipinski definition) is 14. The van der Waals surface area contributed by atoms with Crippen LogP contribution in [0.25, 0.3) is 116 Å². The number of aryl methyl sites for hydroxylation is 7. The molecule has 0 aliphatic carbocycles. The summed E-state index contributed by atoms with van der Waals surface area (Å²) in [7, 11) is 0. The molecule has 6 N–H and O–H groups in total. The van der Waals surface area contributed by atoms with Crippen LogP contribution in [-0.4, -0.2) is 112 Å². The number of hydrogen-bond donors (Lipinski definition) is 6. The van der Waals surface area contributed by atoms with E-state index in [0.29, 0.717) is 81.9 Å². The van der Waals surface area contributed by atoms with Gasteiger partial charge in [0, 0.05) is 33.2 Å². The Morgan fingerprint density at radius 1 is 0.369 bits per heavy atom. The zero-order valence-corrected chi connectivity index (χ0v) is 85.8. The molecule has 25 heteroatoms. The number of thiazole rings is 1. The number of phenolic OH excluding ortho intramolecular Hbond substituents is 6. The number of nitrogens with zero attached hydrogens (tertiary/aromatic N) is 13. The highest BCUT2D eigenvalue weighted by Gasteiger charge is 2.33. The van der Waals surface area contributed by atoms with Crippen molar-refractivity contribution in [3.63, 3.8) is 0 Å². The molecule has 0 saturated carbocycles. The molecule has 0 amide bonds. The van der Waals surface area contributed by atoms with Crippen molar-refractivity contribution < 1.29 is 44.9 Å². The van der Waals surface area contributed by atoms with Gasteiger partial charge in [-0.2, -0.15) is 0 Å². The molecule has 0 unspecified atom stereocenters. The number of esters is 1. The smallest absolute Gasteiger partial charge is 0.306 e. The Kier molecular flexibility index (Phi) is 31.4. The first-order valence-electron chi connectivity index (χ1n) is 49.8. The molecule has 0 atom stereocenters. The SMILES string of the molecule is CCCCCCCCCCCCc1cc(C)cc(-n2n3c4ccccc4n23)c1O.CCCCCCCCOC(=O)CCc1cc(-n2n3c4ccc(Cl)cc4n23)c(O)c(C(C)(C)C)c1.CCCCOc1ccc(-c2nc(-c3ccc(C)cc3O)nc(-c3ccc(C)cc3O)n2)c(C)c1.Cc1cc(-n2n3c4ccc(Cl)cc4n23)c(O)c(C(C)(C)C)c1.Oc1ccccc1-c1nc2cc(-c3ccccc3)ccc2s1. The van der Waals surface area contributed by atoms with Crippen LogP contribution in [0.2, 0.25) is 10.0 Å². The summed E-state index contributed by atoms with van der Waals surface area (Å²) in [6.07, 6.45) is 24.3. The Morgan fingerprint density at radius 2 is 0.837 bits per heavy atom. The second kappa shape index (κ2) is 44.1. The number of carbonyl (C=O) groups excluding carboxylic acids is 1. The van der Waals surface area contributed by atoms with Gasteiger partial charge < -0.3 is 40.1 Å². The van der Waals surface area contributed by atoms with Crippen molar-refractivity contribution >= 4 is 83.8 Å². The number of aromatic hydroxyl groups is 6. The monoisotopic (exact) mass is 1950 g/mol. The minimum absolute atomic E-state index is 0.0904. The van der Waals surface area contributed by atoms with E-state index in [1.165, 1.54) is 106 Å². The molecule has 8 aromatic heterocycles. The number of rotatable bonds is 33. The summed E-state index contributed by atoms with van der Waals surface area (Å²) in [6, 6.07) is 72.6. The fraction of sp³-hybridized carbons (Fsp3) is 0.336. The number of ether oxygens (including phenoxy) is 2. The number of unbranched alkanes of at least 4 members (excludes halogenated alkanes) is 15. The van der Waals surface area contributed by atoms with Crippen molar-refractivity contribution in [1.29, 1.82) is 0 Å². The predicted octanol–water partition coefficient (Wildman–Crippen LogP) is 29.9. The maximum atomic E-state index is 12.3. The highest BCUT2D eigenvalue weighted by Crippen LogP contribution is 2.45. The van der Waals surface area contributed by atoms with E-state index in [4.69, 9.17) is 42.6 Å². The van der Waals surface area contributed by atoms with Crippen molar-refractivity contribution in [2.24, 2.45) is 0 Å². The lowest BCUT2D eigenvalue weighted by Crippen LogP contribution is -2.13. The van der Waals surface area contributed by atoms with Crippen molar-refractivity contribution in [3.8, 4) is 113 Å². The van der Waals surface area contributed by atoms with Gasteiger partial charge in [-0.05, 0) is 261 Å². The number of carbonyl (C=O) groups is 1. The highest BCUT2D eigenvalue weighted by molar-refractivity contribution is 7.21. The normalized spacial score (nSPS) is 11.8. The first kappa shape index (κ1) is 100. The molecule has 734 valence electrons. The molecule has 0 fully saturated rings. The first-order chi connectivity index (χ1) is 67.9. The van der Waals surface area contributed by atoms with E-state index in [-0.39, 0.29) is 39.8 Å². The van der Waals surface area contributed by atoms with Crippen molar-refractivity contribution in [2.45, 2.75) is 243 Å². The molecule has 0 spiro atoms. The fourth-order valence-electron chi connectivity index (χ4n) is 18.2. The fourth-order valence-corrected chi connectivity index (χ4v) is 19.5. The van der Waals surface area contributed by atoms with E-state index in [2.05, 4.69) is 173 Å². The zero-order chi connectivity index (χ0) is 99.7. The molecular weight excluding hydrogens is 1820 g/mol. The Labute approximate surface area is 838 Å². The van der Waals surface area contributed by atoms with Crippen molar-refractivity contribution in [1.82, 2.24) is 62.1 Å². The molecule has 0 bridgehead atoms. The van der Waals surface area contributed by atoms with E-state index in [1.54, 1.807) is 41.7 Å². The summed E-state index contributed by atoms with van der Waals surface area (Å²) in [5.41, 5.74) is 23.6. The van der Waals surface area contributed by atoms with E-state index >= 15 is 0 Å². The second-order valence-electron chi connectivity index (χ2n) is 39.4. The quantitative estimate of drug-likeness (QED) is 0.0166. The number of phenols is 6. The average Bonchev–Trinajstić information content (AvgIpc) is 1.51. The van der Waals surface area contributed by atoms with Crippen LogP contribution in [0.4, 0.5) is 0 Å². The first-order valence-corrected chi connectivity index (χ1v) is 51.4. The zero-order valence-electron chi connectivity index (χ0n) is 83.5. The van der Waals surface area contributed by atoms with Gasteiger partial charge >= 0.3 is 5.97 Å². The van der Waals surface area contributed by atoms with Crippen LogP contribution >= 0.6 is 34.5 Å². The van der Waals surface area contributed by atoms with Crippen LogP contribution < -0.4 is 4.74 Å². The largest absolute Gasteiger partial charge is 0.507 e. The number of para-hydroxylation sites is 3. The van der Waals surface area contributed by atoms with Crippen LogP contribution in [0.5, 0.6) is 40.2 Å². The lowest BCUT2D eigenvalue weighted by atomic mass is 9.84. The van der Waals surface area contributed by atoms with Crippen LogP contribution in [-0.2, 0) is 33.2 Å². The summed E-state index contributed by atoms with van der Waals surface area (Å²) in [5.74, 6) is 3.24. The third-order valence-electron chi connectivity index (χ3n) is 26.0. The number of halogens is 2. The third kappa shape index (κ3) is 23.0. The van der Waals surface area contributed by atoms with Gasteiger partial charge in [-0.1, -0.05) is 273 Å². The van der Waals surface area contributed by atoms with Gasteiger partial charge in [0.25, 0.3) is 0 Å². The Balaban J connectivity index is 0.000000128. The Hall–Kier alpha value is -13.6. The van der Waals surface area contributed by atoms with Gasteiger partial charge in [-0.25, -0.2) is 19.9 Å². The lowest BCUT2D eigenvalue weighted by Gasteiger charge is -2.22. The average molecular weight is 1950 g/mol. The predicted molar refractivity (Wildman–Crippen MR) is 573 cm³/mol. The van der Waals surface area contributed by atoms with E-state index in [9.17, 15) is 35.4 Å². The maximum absolute atomic E-state index is 12.3. The Bertz CT molecular complexity index is 7530. The minimum atomic E-state index is -0.247. The van der Waals surface area contributed by atoms with E-state index < -0.39 is 0 Å². The van der Waals surface area contributed by atoms with Crippen LogP contribution in [0.15, 0.2) is 224 Å². The summed E-state index contributed by atoms with van der Waals surface area (Å²) >= 11 is 13.8. The van der Waals surface area contributed by atoms with Crippen molar-refractivity contribution in [2.75, 3.05) is 13.2 Å². The van der Waals surface area contributed by atoms with Crippen LogP contribution in [0.1, 0.15) is 234 Å². The van der Waals surface area contributed by atoms with Gasteiger partial charge in [0.1, 0.15) is 95.4 Å². The molecular formula is C116H131Cl2N13O9S. The molecule has 8 heterocycles.